The van der Waals surface area contributed by atoms with Gasteiger partial charge < -0.3 is 9.47 Å². The van der Waals surface area contributed by atoms with Gasteiger partial charge in [0.05, 0.1) is 12.5 Å². The fourth-order valence-corrected chi connectivity index (χ4v) is 4.31. The van der Waals surface area contributed by atoms with Crippen LogP contribution in [-0.2, 0) is 24.2 Å². The Kier molecular flexibility index (Phi) is 3.06. The van der Waals surface area contributed by atoms with E-state index in [-0.39, 0.29) is 5.91 Å². The summed E-state index contributed by atoms with van der Waals surface area (Å²) in [7, 11) is 0. The normalized spacial score (nSPS) is 24.0. The summed E-state index contributed by atoms with van der Waals surface area (Å²) in [5, 5.41) is 12.6. The van der Waals surface area contributed by atoms with Crippen LogP contribution in [0.5, 0.6) is 0 Å². The Bertz CT molecular complexity index is 663. The number of fused-ring (bicyclic) bond motifs is 3. The van der Waals surface area contributed by atoms with Crippen LogP contribution in [0.1, 0.15) is 30.1 Å². The highest BCUT2D eigenvalue weighted by Gasteiger charge is 2.40. The molecule has 2 atom stereocenters. The predicted octanol–water partition coefficient (Wildman–Crippen LogP) is 1.81. The maximum atomic E-state index is 12.7. The number of amides is 1. The maximum Gasteiger partial charge on any atom is 0.227 e. The lowest BCUT2D eigenvalue weighted by Crippen LogP contribution is -2.42. The van der Waals surface area contributed by atoms with Crippen molar-refractivity contribution < 1.29 is 4.79 Å². The fraction of sp³-hybridized carbons (Fsp3) is 0.533. The molecule has 2 aromatic rings. The first-order valence-electron chi connectivity index (χ1n) is 7.43. The smallest absolute Gasteiger partial charge is 0.227 e. The van der Waals surface area contributed by atoms with Crippen molar-refractivity contribution in [2.24, 2.45) is 0 Å². The lowest BCUT2D eigenvalue weighted by Gasteiger charge is -2.28. The van der Waals surface area contributed by atoms with E-state index in [1.54, 1.807) is 11.3 Å². The Balaban J connectivity index is 1.59. The van der Waals surface area contributed by atoms with Crippen LogP contribution in [0.2, 0.25) is 0 Å². The number of nitrogens with zero attached hydrogens (tertiary/aromatic N) is 4. The van der Waals surface area contributed by atoms with E-state index >= 15 is 0 Å². The van der Waals surface area contributed by atoms with Crippen LogP contribution in [0, 0.1) is 6.92 Å². The first-order chi connectivity index (χ1) is 10.2. The van der Waals surface area contributed by atoms with Crippen molar-refractivity contribution in [3.8, 4) is 0 Å². The van der Waals surface area contributed by atoms with Crippen molar-refractivity contribution in [1.29, 1.82) is 0 Å². The first-order valence-corrected chi connectivity index (χ1v) is 8.37. The van der Waals surface area contributed by atoms with Gasteiger partial charge in [0, 0.05) is 19.0 Å². The monoisotopic (exact) mass is 302 g/mol. The highest BCUT2D eigenvalue weighted by atomic mass is 32.1. The van der Waals surface area contributed by atoms with Gasteiger partial charge in [-0.15, -0.1) is 10.2 Å². The van der Waals surface area contributed by atoms with Crippen LogP contribution >= 0.6 is 11.3 Å². The summed E-state index contributed by atoms with van der Waals surface area (Å²) < 4.78 is 2.19. The van der Waals surface area contributed by atoms with E-state index in [4.69, 9.17) is 0 Å². The second-order valence-corrected chi connectivity index (χ2v) is 6.75. The van der Waals surface area contributed by atoms with Gasteiger partial charge in [-0.1, -0.05) is 0 Å². The quantitative estimate of drug-likeness (QED) is 0.850. The molecule has 1 amide bonds. The minimum Gasteiger partial charge on any atom is -0.334 e. The number of aromatic nitrogens is 3. The summed E-state index contributed by atoms with van der Waals surface area (Å²) in [6, 6.07) is 2.64. The predicted molar refractivity (Wildman–Crippen MR) is 80.1 cm³/mol. The van der Waals surface area contributed by atoms with Gasteiger partial charge in [-0.2, -0.15) is 11.3 Å². The van der Waals surface area contributed by atoms with E-state index in [0.717, 1.165) is 43.0 Å². The van der Waals surface area contributed by atoms with Gasteiger partial charge in [0.1, 0.15) is 11.6 Å². The van der Waals surface area contributed by atoms with Crippen LogP contribution in [0.4, 0.5) is 0 Å². The van der Waals surface area contributed by atoms with Crippen molar-refractivity contribution in [3.63, 3.8) is 0 Å². The zero-order valence-corrected chi connectivity index (χ0v) is 12.8. The lowest BCUT2D eigenvalue weighted by atomic mass is 10.1. The van der Waals surface area contributed by atoms with Crippen LogP contribution in [0.25, 0.3) is 0 Å². The number of rotatable bonds is 2. The summed E-state index contributed by atoms with van der Waals surface area (Å²) in [5.41, 5.74) is 1.13. The third-order valence-electron chi connectivity index (χ3n) is 4.67. The Morgan fingerprint density at radius 2 is 2.24 bits per heavy atom. The molecule has 1 saturated heterocycles. The van der Waals surface area contributed by atoms with Gasteiger partial charge in [0.25, 0.3) is 0 Å². The third-order valence-corrected chi connectivity index (χ3v) is 5.40. The van der Waals surface area contributed by atoms with Crippen LogP contribution in [-0.4, -0.2) is 37.7 Å². The van der Waals surface area contributed by atoms with E-state index in [1.165, 1.54) is 0 Å². The average molecular weight is 302 g/mol. The van der Waals surface area contributed by atoms with Crippen LogP contribution in [0.3, 0.4) is 0 Å². The first kappa shape index (κ1) is 13.0. The summed E-state index contributed by atoms with van der Waals surface area (Å²) in [4.78, 5) is 14.9. The van der Waals surface area contributed by atoms with Crippen molar-refractivity contribution >= 4 is 17.2 Å². The molecule has 2 aliphatic heterocycles. The summed E-state index contributed by atoms with van der Waals surface area (Å²) in [6.07, 6.45) is 3.55. The number of carbonyl (C=O) groups excluding carboxylic acids is 1. The Labute approximate surface area is 127 Å². The Morgan fingerprint density at radius 3 is 3.05 bits per heavy atom. The summed E-state index contributed by atoms with van der Waals surface area (Å²) in [6.45, 7) is 2.84. The molecule has 0 aliphatic carbocycles. The number of aryl methyl sites for hydroxylation is 1. The lowest BCUT2D eigenvalue weighted by molar-refractivity contribution is -0.133. The van der Waals surface area contributed by atoms with Crippen molar-refractivity contribution in [3.05, 3.63) is 34.0 Å². The van der Waals surface area contributed by atoms with E-state index < -0.39 is 0 Å². The van der Waals surface area contributed by atoms with Crippen molar-refractivity contribution in [2.45, 2.75) is 51.2 Å². The van der Waals surface area contributed by atoms with Crippen molar-refractivity contribution in [2.75, 3.05) is 0 Å². The SMILES string of the molecule is Cc1nnc2n1CC1CCC(C2)N1C(=O)Cc1ccsc1. The molecule has 110 valence electrons. The molecule has 0 N–H and O–H groups in total. The fourth-order valence-electron chi connectivity index (χ4n) is 3.64. The van der Waals surface area contributed by atoms with E-state index in [0.29, 0.717) is 18.5 Å². The zero-order chi connectivity index (χ0) is 14.4. The molecular formula is C15H18N4OS. The van der Waals surface area contributed by atoms with Gasteiger partial charge in [-0.05, 0) is 42.2 Å². The Hall–Kier alpha value is -1.69. The van der Waals surface area contributed by atoms with Gasteiger partial charge in [0.2, 0.25) is 5.91 Å². The molecule has 0 saturated carbocycles. The number of carbonyl (C=O) groups is 1. The molecule has 2 bridgehead atoms. The number of hydrogen-bond acceptors (Lipinski definition) is 4. The molecule has 2 aliphatic rings. The molecule has 21 heavy (non-hydrogen) atoms. The van der Waals surface area contributed by atoms with E-state index in [9.17, 15) is 4.79 Å². The summed E-state index contributed by atoms with van der Waals surface area (Å²) in [5.74, 6) is 2.26. The molecule has 1 fully saturated rings. The largest absolute Gasteiger partial charge is 0.334 e. The molecule has 5 nitrogen and oxygen atoms in total. The highest BCUT2D eigenvalue weighted by Crippen LogP contribution is 2.32. The molecule has 4 rings (SSSR count). The second kappa shape index (κ2) is 4.94. The van der Waals surface area contributed by atoms with Crippen LogP contribution < -0.4 is 0 Å². The number of thiophene rings is 1. The number of hydrogen-bond donors (Lipinski definition) is 0. The van der Waals surface area contributed by atoms with E-state index in [2.05, 4.69) is 25.0 Å². The molecular weight excluding hydrogens is 284 g/mol. The molecule has 0 spiro atoms. The Morgan fingerprint density at radius 1 is 1.38 bits per heavy atom. The minimum atomic E-state index is 0.261. The van der Waals surface area contributed by atoms with Gasteiger partial charge in [0.15, 0.2) is 0 Å². The molecule has 2 aromatic heterocycles. The highest BCUT2D eigenvalue weighted by molar-refractivity contribution is 7.07. The van der Waals surface area contributed by atoms with Crippen LogP contribution in [0.15, 0.2) is 16.8 Å². The van der Waals surface area contributed by atoms with E-state index in [1.807, 2.05) is 18.4 Å². The average Bonchev–Trinajstić information content (AvgIpc) is 3.12. The molecule has 0 radical (unpaired) electrons. The van der Waals surface area contributed by atoms with Crippen molar-refractivity contribution in [1.82, 2.24) is 19.7 Å². The maximum absolute atomic E-state index is 12.7. The standard InChI is InChI=1S/C15H18N4OS/c1-10-16-17-14-7-12-2-3-13(8-18(10)14)19(12)15(20)6-11-4-5-21-9-11/h4-5,9,12-13H,2-3,6-8H2,1H3. The van der Waals surface area contributed by atoms with Gasteiger partial charge in [-0.3, -0.25) is 4.79 Å². The second-order valence-electron chi connectivity index (χ2n) is 5.97. The topological polar surface area (TPSA) is 51.0 Å². The molecule has 2 unspecified atom stereocenters. The minimum absolute atomic E-state index is 0.261. The zero-order valence-electron chi connectivity index (χ0n) is 12.0. The van der Waals surface area contributed by atoms with Gasteiger partial charge in [-0.25, -0.2) is 0 Å². The molecule has 4 heterocycles. The third kappa shape index (κ3) is 2.18. The molecule has 6 heteroatoms. The van der Waals surface area contributed by atoms with Gasteiger partial charge >= 0.3 is 0 Å². The molecule has 0 aromatic carbocycles. The summed E-state index contributed by atoms with van der Waals surface area (Å²) >= 11 is 1.65.